The van der Waals surface area contributed by atoms with Crippen LogP contribution in [0.2, 0.25) is 0 Å². The van der Waals surface area contributed by atoms with Crippen LogP contribution in [0, 0.1) is 0 Å². The van der Waals surface area contributed by atoms with Crippen LogP contribution < -0.4 is 9.80 Å². The van der Waals surface area contributed by atoms with E-state index in [1.54, 1.807) is 0 Å². The topological polar surface area (TPSA) is 21.3 Å². The highest BCUT2D eigenvalue weighted by Crippen LogP contribution is 2.55. The van der Waals surface area contributed by atoms with Crippen LogP contribution >= 0.6 is 11.3 Å². The fourth-order valence-electron chi connectivity index (χ4n) is 20.9. The summed E-state index contributed by atoms with van der Waals surface area (Å²) in [5.41, 5.74) is 36.8. The van der Waals surface area contributed by atoms with Crippen molar-refractivity contribution in [2.45, 2.75) is 0 Å². The van der Waals surface area contributed by atoms with Gasteiger partial charge in [-0.05, 0) is 199 Å². The molecule has 0 spiro atoms. The number of hydrogen-bond donors (Lipinski definition) is 0. The Morgan fingerprint density at radius 2 is 0.500 bits per heavy atom. The molecule has 0 unspecified atom stereocenters. The Morgan fingerprint density at radius 3 is 1.02 bits per heavy atom. The summed E-state index contributed by atoms with van der Waals surface area (Å²) in [6.45, 7) is 0. The maximum atomic E-state index is 2.55. The molecule has 4 heterocycles. The van der Waals surface area contributed by atoms with E-state index in [2.05, 4.69) is 527 Å². The summed E-state index contributed by atoms with van der Waals surface area (Å²) < 4.78 is 9.89. The first kappa shape index (κ1) is 77.2. The smallest absolute Gasteiger partial charge is 0.0640 e. The molecule has 25 rings (SSSR count). The lowest BCUT2D eigenvalue weighted by atomic mass is 9.87. The summed E-state index contributed by atoms with van der Waals surface area (Å²) in [5.74, 6) is 0. The third-order valence-corrected chi connectivity index (χ3v) is 27.9. The van der Waals surface area contributed by atoms with Gasteiger partial charge in [0.2, 0.25) is 0 Å². The molecule has 132 heavy (non-hydrogen) atoms. The minimum atomic E-state index is 1.02. The van der Waals surface area contributed by atoms with Crippen LogP contribution in [0.25, 0.3) is 203 Å². The van der Waals surface area contributed by atoms with E-state index in [9.17, 15) is 0 Å². The summed E-state index contributed by atoms with van der Waals surface area (Å²) in [6, 6.07) is 186. The zero-order chi connectivity index (χ0) is 87.1. The Morgan fingerprint density at radius 1 is 0.174 bits per heavy atom. The highest BCUT2D eigenvalue weighted by atomic mass is 32.1. The van der Waals surface area contributed by atoms with Crippen molar-refractivity contribution in [1.29, 1.82) is 0 Å². The lowest BCUT2D eigenvalue weighted by Gasteiger charge is -2.31. The molecule has 21 aromatic carbocycles. The van der Waals surface area contributed by atoms with Gasteiger partial charge in [0.25, 0.3) is 0 Å². The second kappa shape index (κ2) is 32.6. The van der Waals surface area contributed by atoms with Crippen molar-refractivity contribution in [2.75, 3.05) is 9.80 Å². The van der Waals surface area contributed by atoms with Gasteiger partial charge in [0.05, 0.1) is 71.9 Å². The average molecular weight is 1700 g/mol. The standard InChI is InChI=1S/C126H83N5S/c1-5-36-84(37-6-1)95-46-13-15-54-105(95)123-98(86-40-9-3-10-41-86)57-32-66-117(123)127(92-77-72-88(73-78-92)97-48-17-24-60-110(97)130-111-61-25-18-49-100(111)101-50-19-26-62-112(101)130)119-68-35-69-120-125(119)108-56-22-29-65-115(108)129(120)94-45-31-44-90(82-94)91-76-81-116(131-113-63-27-20-51-102(113)103-52-21-28-64-114(103)131)109(83-91)89-74-79-93(80-75-89)128(121-70-34-59-107-104-53-23-30-71-122(104)132-126(107)121)118-67-33-58-99(87-42-11-4-12-43-87)124(118)106-55-16-14-47-96(106)85-38-7-2-8-39-85/h1-83H. The zero-order valence-electron chi connectivity index (χ0n) is 72.1. The molecule has 0 fully saturated rings. The third-order valence-electron chi connectivity index (χ3n) is 26.7. The van der Waals surface area contributed by atoms with E-state index in [-0.39, 0.29) is 0 Å². The number of nitrogens with zero attached hydrogens (tertiary/aromatic N) is 5. The quantitative estimate of drug-likeness (QED) is 0.0854. The number of para-hydroxylation sites is 6. The molecule has 0 aliphatic heterocycles. The summed E-state index contributed by atoms with van der Waals surface area (Å²) >= 11 is 1.86. The number of fused-ring (bicyclic) bond motifs is 12. The van der Waals surface area contributed by atoms with Crippen LogP contribution in [-0.2, 0) is 0 Å². The molecule has 0 aliphatic rings. The number of benzene rings is 21. The fourth-order valence-corrected chi connectivity index (χ4v) is 22.1. The second-order valence-corrected chi connectivity index (χ2v) is 35.1. The summed E-state index contributed by atoms with van der Waals surface area (Å²) in [7, 11) is 0. The van der Waals surface area contributed by atoms with Gasteiger partial charge in [-0.15, -0.1) is 11.3 Å². The Balaban J connectivity index is 0.672. The predicted molar refractivity (Wildman–Crippen MR) is 561 cm³/mol. The van der Waals surface area contributed by atoms with Crippen molar-refractivity contribution in [3.8, 4) is 117 Å². The molecular formula is C126H83N5S. The Bertz CT molecular complexity index is 8660. The van der Waals surface area contributed by atoms with Crippen LogP contribution in [-0.4, -0.2) is 13.7 Å². The predicted octanol–water partition coefficient (Wildman–Crippen LogP) is 35.3. The van der Waals surface area contributed by atoms with E-state index in [1.807, 2.05) is 11.3 Å². The summed E-state index contributed by atoms with van der Waals surface area (Å²) in [5, 5.41) is 9.62. The van der Waals surface area contributed by atoms with Crippen LogP contribution in [0.15, 0.2) is 504 Å². The van der Waals surface area contributed by atoms with Gasteiger partial charge >= 0.3 is 0 Å². The molecule has 6 heteroatoms. The Hall–Kier alpha value is -17.2. The molecule has 25 aromatic rings. The SMILES string of the molecule is c1ccc(-c2ccccc2-c2c(-c3ccccc3)cccc2N(c2ccc(-c3cc(-c4cccc(-n5c6ccccc6c6c(N(c7ccc(-c8ccccc8-n8c9ccccc9c9ccccc98)cc7)c7cccc(-c8ccccc8)c7-c7ccccc7-c7ccccc7)cccc65)c4)ccc3-n3c4ccccc4c4ccccc43)cc2)c2cccc3c2sc2ccccc23)cc1. The first-order valence-corrected chi connectivity index (χ1v) is 46.1. The lowest BCUT2D eigenvalue weighted by molar-refractivity contribution is 1.18. The van der Waals surface area contributed by atoms with Gasteiger partial charge < -0.3 is 23.5 Å². The summed E-state index contributed by atoms with van der Waals surface area (Å²) in [6.07, 6.45) is 0. The first-order chi connectivity index (χ1) is 65.6. The van der Waals surface area contributed by atoms with Crippen LogP contribution in [0.5, 0.6) is 0 Å². The van der Waals surface area contributed by atoms with Gasteiger partial charge in [0, 0.05) is 87.1 Å². The summed E-state index contributed by atoms with van der Waals surface area (Å²) in [4.78, 5) is 5.08. The van der Waals surface area contributed by atoms with Crippen LogP contribution in [0.4, 0.5) is 34.1 Å². The molecule has 0 saturated heterocycles. The molecule has 4 aromatic heterocycles. The lowest BCUT2D eigenvalue weighted by Crippen LogP contribution is -2.12. The molecule has 0 N–H and O–H groups in total. The van der Waals surface area contributed by atoms with E-state index in [4.69, 9.17) is 0 Å². The molecule has 0 amide bonds. The van der Waals surface area contributed by atoms with Crippen molar-refractivity contribution in [3.63, 3.8) is 0 Å². The normalized spacial score (nSPS) is 11.6. The van der Waals surface area contributed by atoms with Gasteiger partial charge in [-0.3, -0.25) is 0 Å². The second-order valence-electron chi connectivity index (χ2n) is 34.0. The van der Waals surface area contributed by atoms with Gasteiger partial charge in [-0.2, -0.15) is 0 Å². The van der Waals surface area contributed by atoms with E-state index < -0.39 is 0 Å². The van der Waals surface area contributed by atoms with Gasteiger partial charge in [0.15, 0.2) is 0 Å². The van der Waals surface area contributed by atoms with Crippen LogP contribution in [0.1, 0.15) is 0 Å². The first-order valence-electron chi connectivity index (χ1n) is 45.3. The molecule has 0 bridgehead atoms. The largest absolute Gasteiger partial charge is 0.309 e. The molecule has 0 saturated carbocycles. The molecule has 0 radical (unpaired) electrons. The van der Waals surface area contributed by atoms with Gasteiger partial charge in [-0.25, -0.2) is 0 Å². The molecule has 0 atom stereocenters. The number of aromatic nitrogens is 3. The van der Waals surface area contributed by atoms with E-state index in [1.165, 1.54) is 52.8 Å². The van der Waals surface area contributed by atoms with Gasteiger partial charge in [-0.1, -0.05) is 382 Å². The third kappa shape index (κ3) is 13.1. The number of thiophene rings is 1. The number of hydrogen-bond acceptors (Lipinski definition) is 3. The zero-order valence-corrected chi connectivity index (χ0v) is 72.9. The van der Waals surface area contributed by atoms with Crippen molar-refractivity contribution >= 4 is 131 Å². The highest BCUT2D eigenvalue weighted by molar-refractivity contribution is 7.26. The number of rotatable bonds is 18. The monoisotopic (exact) mass is 1700 g/mol. The number of anilines is 6. The molecular weight excluding hydrogens is 1620 g/mol. The minimum absolute atomic E-state index is 1.02. The minimum Gasteiger partial charge on any atom is -0.309 e. The highest BCUT2D eigenvalue weighted by Gasteiger charge is 2.30. The maximum absolute atomic E-state index is 2.55. The Labute approximate surface area is 769 Å². The van der Waals surface area contributed by atoms with Crippen LogP contribution in [0.3, 0.4) is 0 Å². The van der Waals surface area contributed by atoms with Crippen molar-refractivity contribution in [1.82, 2.24) is 13.7 Å². The van der Waals surface area contributed by atoms with E-state index >= 15 is 0 Å². The maximum Gasteiger partial charge on any atom is 0.0640 e. The fraction of sp³-hybridized carbons (Fsp3) is 0. The van der Waals surface area contributed by atoms with Crippen molar-refractivity contribution in [3.05, 3.63) is 504 Å². The van der Waals surface area contributed by atoms with E-state index in [0.717, 1.165) is 184 Å². The average Bonchev–Trinajstić information content (AvgIpc) is 1.59. The Kier molecular flexibility index (Phi) is 19.1. The van der Waals surface area contributed by atoms with Crippen molar-refractivity contribution in [2.24, 2.45) is 0 Å². The van der Waals surface area contributed by atoms with E-state index in [0.29, 0.717) is 0 Å². The van der Waals surface area contributed by atoms with Crippen molar-refractivity contribution < 1.29 is 0 Å². The van der Waals surface area contributed by atoms with Gasteiger partial charge in [0.1, 0.15) is 0 Å². The molecule has 5 nitrogen and oxygen atoms in total. The molecule has 618 valence electrons. The molecule has 0 aliphatic carbocycles.